The minimum Gasteiger partial charge on any atom is -0.455 e. The highest BCUT2D eigenvalue weighted by Crippen LogP contribution is 2.20. The minimum absolute atomic E-state index is 0.101. The zero-order chi connectivity index (χ0) is 20.9. The number of hydrogen-bond donors (Lipinski definition) is 1. The highest BCUT2D eigenvalue weighted by Gasteiger charge is 2.19. The van der Waals surface area contributed by atoms with Gasteiger partial charge in [-0.15, -0.1) is 11.8 Å². The standard InChI is InChI=1S/C21H20BrNO4S2/c1-28-18-7-2-15(3-8-18)12-13-23-21(24)20-11-6-17(27-20)14-29(25,26)19-9-4-16(22)5-10-19/h2-11H,12-14H2,1H3,(H,23,24). The fourth-order valence-corrected chi connectivity index (χ4v) is 4.61. The first-order chi connectivity index (χ1) is 13.9. The molecule has 0 aliphatic rings. The van der Waals surface area contributed by atoms with E-state index < -0.39 is 9.84 Å². The van der Waals surface area contributed by atoms with Crippen molar-refractivity contribution in [3.05, 3.63) is 82.2 Å². The maximum atomic E-state index is 12.5. The third-order valence-corrected chi connectivity index (χ3v) is 7.18. The van der Waals surface area contributed by atoms with E-state index >= 15 is 0 Å². The van der Waals surface area contributed by atoms with E-state index in [-0.39, 0.29) is 28.1 Å². The van der Waals surface area contributed by atoms with Gasteiger partial charge >= 0.3 is 0 Å². The summed E-state index contributed by atoms with van der Waals surface area (Å²) < 4.78 is 31.2. The second kappa shape index (κ2) is 9.65. The molecular formula is C21H20BrNO4S2. The number of amides is 1. The number of rotatable bonds is 8. The maximum Gasteiger partial charge on any atom is 0.287 e. The third-order valence-electron chi connectivity index (χ3n) is 4.25. The monoisotopic (exact) mass is 493 g/mol. The molecule has 0 radical (unpaired) electrons. The Hall–Kier alpha value is -2.03. The minimum atomic E-state index is -3.55. The Morgan fingerprint density at radius 2 is 1.72 bits per heavy atom. The summed E-state index contributed by atoms with van der Waals surface area (Å²) in [5, 5.41) is 2.80. The molecule has 152 valence electrons. The molecule has 0 spiro atoms. The van der Waals surface area contributed by atoms with Gasteiger partial charge in [0, 0.05) is 15.9 Å². The number of nitrogens with one attached hydrogen (secondary N) is 1. The summed E-state index contributed by atoms with van der Waals surface area (Å²) in [4.78, 5) is 13.7. The lowest BCUT2D eigenvalue weighted by Crippen LogP contribution is -2.25. The molecule has 2 aromatic carbocycles. The molecule has 0 unspecified atom stereocenters. The maximum absolute atomic E-state index is 12.5. The van der Waals surface area contributed by atoms with E-state index in [1.54, 1.807) is 23.9 Å². The fourth-order valence-electron chi connectivity index (χ4n) is 2.69. The lowest BCUT2D eigenvalue weighted by molar-refractivity contribution is 0.0925. The van der Waals surface area contributed by atoms with Gasteiger partial charge in [-0.25, -0.2) is 8.42 Å². The van der Waals surface area contributed by atoms with Gasteiger partial charge in [0.25, 0.3) is 5.91 Å². The van der Waals surface area contributed by atoms with Gasteiger partial charge in [-0.3, -0.25) is 4.79 Å². The van der Waals surface area contributed by atoms with Crippen molar-refractivity contribution in [3.63, 3.8) is 0 Å². The number of benzene rings is 2. The van der Waals surface area contributed by atoms with E-state index in [4.69, 9.17) is 4.42 Å². The summed E-state index contributed by atoms with van der Waals surface area (Å²) in [6, 6.07) is 17.6. The van der Waals surface area contributed by atoms with Crippen molar-refractivity contribution in [1.82, 2.24) is 5.32 Å². The Labute approximate surface area is 182 Å². The molecule has 8 heteroatoms. The second-order valence-electron chi connectivity index (χ2n) is 6.33. The van der Waals surface area contributed by atoms with Crippen molar-refractivity contribution in [2.45, 2.75) is 22.0 Å². The molecule has 0 saturated heterocycles. The summed E-state index contributed by atoms with van der Waals surface area (Å²) in [6.45, 7) is 0.463. The molecule has 1 amide bonds. The number of sulfone groups is 1. The molecule has 3 rings (SSSR count). The summed E-state index contributed by atoms with van der Waals surface area (Å²) >= 11 is 4.96. The summed E-state index contributed by atoms with van der Waals surface area (Å²) in [5.74, 6) is -0.337. The Morgan fingerprint density at radius 3 is 2.38 bits per heavy atom. The predicted molar refractivity (Wildman–Crippen MR) is 118 cm³/mol. The first kappa shape index (κ1) is 21.7. The van der Waals surface area contributed by atoms with Gasteiger partial charge in [-0.05, 0) is 66.8 Å². The molecule has 5 nitrogen and oxygen atoms in total. The molecule has 0 atom stereocenters. The lowest BCUT2D eigenvalue weighted by atomic mass is 10.1. The number of thioether (sulfide) groups is 1. The average Bonchev–Trinajstić information content (AvgIpc) is 3.16. The van der Waals surface area contributed by atoms with Gasteiger partial charge in [-0.2, -0.15) is 0 Å². The quantitative estimate of drug-likeness (QED) is 0.459. The van der Waals surface area contributed by atoms with Crippen LogP contribution in [0, 0.1) is 0 Å². The van der Waals surface area contributed by atoms with Crippen LogP contribution >= 0.6 is 27.7 Å². The zero-order valence-electron chi connectivity index (χ0n) is 15.7. The van der Waals surface area contributed by atoms with Gasteiger partial charge in [0.05, 0.1) is 4.90 Å². The first-order valence-corrected chi connectivity index (χ1v) is 12.5. The van der Waals surface area contributed by atoms with Crippen LogP contribution in [0.4, 0.5) is 0 Å². The summed E-state index contributed by atoms with van der Waals surface area (Å²) in [7, 11) is -3.55. The molecule has 1 N–H and O–H groups in total. The van der Waals surface area contributed by atoms with Crippen LogP contribution in [0.15, 0.2) is 79.3 Å². The molecule has 1 aromatic heterocycles. The second-order valence-corrected chi connectivity index (χ2v) is 10.1. The Bertz CT molecular complexity index is 1070. The largest absolute Gasteiger partial charge is 0.455 e. The van der Waals surface area contributed by atoms with Crippen molar-refractivity contribution in [1.29, 1.82) is 0 Å². The van der Waals surface area contributed by atoms with Gasteiger partial charge in [0.1, 0.15) is 11.5 Å². The molecule has 1 heterocycles. The molecule has 0 aliphatic heterocycles. The van der Waals surface area contributed by atoms with E-state index in [2.05, 4.69) is 21.2 Å². The highest BCUT2D eigenvalue weighted by atomic mass is 79.9. The van der Waals surface area contributed by atoms with E-state index in [1.807, 2.05) is 30.5 Å². The van der Waals surface area contributed by atoms with E-state index in [9.17, 15) is 13.2 Å². The summed E-state index contributed by atoms with van der Waals surface area (Å²) in [5.41, 5.74) is 1.13. The topological polar surface area (TPSA) is 76.4 Å². The molecule has 0 fully saturated rings. The molecule has 29 heavy (non-hydrogen) atoms. The van der Waals surface area contributed by atoms with Gasteiger partial charge in [-0.1, -0.05) is 28.1 Å². The van der Waals surface area contributed by atoms with Crippen LogP contribution in [-0.4, -0.2) is 27.1 Å². The fraction of sp³-hybridized carbons (Fsp3) is 0.190. The average molecular weight is 494 g/mol. The van der Waals surface area contributed by atoms with E-state index in [0.29, 0.717) is 13.0 Å². The van der Waals surface area contributed by atoms with Crippen LogP contribution in [0.5, 0.6) is 0 Å². The van der Waals surface area contributed by atoms with Crippen molar-refractivity contribution >= 4 is 43.4 Å². The molecular weight excluding hydrogens is 474 g/mol. The van der Waals surface area contributed by atoms with Crippen molar-refractivity contribution in [2.75, 3.05) is 12.8 Å². The molecule has 3 aromatic rings. The normalized spacial score (nSPS) is 11.4. The van der Waals surface area contributed by atoms with Gasteiger partial charge < -0.3 is 9.73 Å². The Kier molecular flexibility index (Phi) is 7.21. The highest BCUT2D eigenvalue weighted by molar-refractivity contribution is 9.10. The predicted octanol–water partition coefficient (Wildman–Crippen LogP) is 4.71. The van der Waals surface area contributed by atoms with E-state index in [0.717, 1.165) is 10.0 Å². The van der Waals surface area contributed by atoms with Crippen LogP contribution in [0.2, 0.25) is 0 Å². The SMILES string of the molecule is CSc1ccc(CCNC(=O)c2ccc(CS(=O)(=O)c3ccc(Br)cc3)o2)cc1. The van der Waals surface area contributed by atoms with Crippen molar-refractivity contribution in [3.8, 4) is 0 Å². The van der Waals surface area contributed by atoms with Gasteiger partial charge in [0.2, 0.25) is 0 Å². The van der Waals surface area contributed by atoms with Crippen molar-refractivity contribution in [2.24, 2.45) is 0 Å². The number of furan rings is 1. The summed E-state index contributed by atoms with van der Waals surface area (Å²) in [6.07, 6.45) is 2.73. The third kappa shape index (κ3) is 5.98. The van der Waals surface area contributed by atoms with Crippen LogP contribution < -0.4 is 5.32 Å². The van der Waals surface area contributed by atoms with E-state index in [1.165, 1.54) is 29.2 Å². The molecule has 0 bridgehead atoms. The van der Waals surface area contributed by atoms with Crippen LogP contribution in [0.25, 0.3) is 0 Å². The first-order valence-electron chi connectivity index (χ1n) is 8.85. The number of hydrogen-bond acceptors (Lipinski definition) is 5. The Morgan fingerprint density at radius 1 is 1.03 bits per heavy atom. The van der Waals surface area contributed by atoms with Crippen LogP contribution in [0.3, 0.4) is 0 Å². The Balaban J connectivity index is 1.55. The zero-order valence-corrected chi connectivity index (χ0v) is 18.9. The lowest BCUT2D eigenvalue weighted by Gasteiger charge is -2.05. The molecule has 0 aliphatic carbocycles. The number of carbonyl (C=O) groups is 1. The smallest absolute Gasteiger partial charge is 0.287 e. The number of carbonyl (C=O) groups excluding carboxylic acids is 1. The van der Waals surface area contributed by atoms with Crippen LogP contribution in [0.1, 0.15) is 21.9 Å². The number of halogens is 1. The van der Waals surface area contributed by atoms with Crippen LogP contribution in [-0.2, 0) is 22.0 Å². The molecule has 0 saturated carbocycles. The van der Waals surface area contributed by atoms with Crippen molar-refractivity contribution < 1.29 is 17.6 Å². The van der Waals surface area contributed by atoms with Gasteiger partial charge in [0.15, 0.2) is 15.6 Å².